The number of rotatable bonds is 4. The predicted octanol–water partition coefficient (Wildman–Crippen LogP) is -0.856. The van der Waals surface area contributed by atoms with Gasteiger partial charge < -0.3 is 16.2 Å². The molecule has 1 rings (SSSR count). The van der Waals surface area contributed by atoms with Gasteiger partial charge in [0.15, 0.2) is 10.8 Å². The number of hydrogen-bond donors (Lipinski definition) is 4. The lowest BCUT2D eigenvalue weighted by Gasteiger charge is -2.20. The minimum Gasteiger partial charge on any atom is -0.479 e. The number of carboxylic acid groups (broad SMARTS) is 1. The van der Waals surface area contributed by atoms with Crippen LogP contribution in [0.3, 0.4) is 0 Å². The van der Waals surface area contributed by atoms with Crippen LogP contribution in [0, 0.1) is 0 Å². The lowest BCUT2D eigenvalue weighted by molar-refractivity contribution is -0.146. The summed E-state index contributed by atoms with van der Waals surface area (Å²) >= 11 is 1.21. The molecule has 88 valence electrons. The number of thiazole rings is 1. The molecule has 0 saturated carbocycles. The normalized spacial score (nSPS) is 14.1. The highest BCUT2D eigenvalue weighted by molar-refractivity contribution is 7.13. The van der Waals surface area contributed by atoms with Crippen molar-refractivity contribution in [2.24, 2.45) is 5.73 Å². The number of nitrogens with zero attached hydrogens (tertiary/aromatic N) is 1. The van der Waals surface area contributed by atoms with Crippen molar-refractivity contribution in [1.82, 2.24) is 10.3 Å². The molecule has 1 aromatic heterocycles. The SMILES string of the molecule is C[C@](N)(NC(=O)Cc1csc(N)n1)C(=O)O. The lowest BCUT2D eigenvalue weighted by Crippen LogP contribution is -2.59. The van der Waals surface area contributed by atoms with Crippen molar-refractivity contribution in [2.75, 3.05) is 5.73 Å². The Bertz CT molecular complexity index is 415. The van der Waals surface area contributed by atoms with Gasteiger partial charge in [-0.2, -0.15) is 0 Å². The molecule has 1 amide bonds. The van der Waals surface area contributed by atoms with E-state index in [-0.39, 0.29) is 6.42 Å². The monoisotopic (exact) mass is 244 g/mol. The number of aliphatic carboxylic acids is 1. The van der Waals surface area contributed by atoms with Crippen molar-refractivity contribution in [3.8, 4) is 0 Å². The van der Waals surface area contributed by atoms with Crippen LogP contribution in [-0.2, 0) is 16.0 Å². The van der Waals surface area contributed by atoms with E-state index < -0.39 is 17.5 Å². The van der Waals surface area contributed by atoms with E-state index in [9.17, 15) is 9.59 Å². The summed E-state index contributed by atoms with van der Waals surface area (Å²) in [5, 5.41) is 12.9. The van der Waals surface area contributed by atoms with Crippen molar-refractivity contribution < 1.29 is 14.7 Å². The molecule has 0 unspecified atom stereocenters. The maximum absolute atomic E-state index is 11.4. The number of hydrogen-bond acceptors (Lipinski definition) is 6. The van der Waals surface area contributed by atoms with Gasteiger partial charge in [-0.3, -0.25) is 10.5 Å². The third kappa shape index (κ3) is 3.17. The van der Waals surface area contributed by atoms with Crippen LogP contribution in [0.5, 0.6) is 0 Å². The Labute approximate surface area is 95.5 Å². The number of aromatic nitrogens is 1. The third-order valence-corrected chi connectivity index (χ3v) is 2.48. The second-order valence-corrected chi connectivity index (χ2v) is 4.30. The Morgan fingerprint density at radius 3 is 2.75 bits per heavy atom. The molecule has 0 bridgehead atoms. The van der Waals surface area contributed by atoms with Crippen molar-refractivity contribution >= 4 is 28.3 Å². The summed E-state index contributed by atoms with van der Waals surface area (Å²) in [5.74, 6) is -1.82. The van der Waals surface area contributed by atoms with Crippen molar-refractivity contribution in [3.63, 3.8) is 0 Å². The molecule has 0 fully saturated rings. The van der Waals surface area contributed by atoms with Crippen LogP contribution in [0.25, 0.3) is 0 Å². The van der Waals surface area contributed by atoms with E-state index >= 15 is 0 Å². The molecule has 1 heterocycles. The number of anilines is 1. The number of amides is 1. The van der Waals surface area contributed by atoms with Gasteiger partial charge in [0, 0.05) is 5.38 Å². The number of nitrogens with two attached hydrogens (primary N) is 2. The largest absolute Gasteiger partial charge is 0.479 e. The average molecular weight is 244 g/mol. The maximum atomic E-state index is 11.4. The molecule has 0 aliphatic carbocycles. The summed E-state index contributed by atoms with van der Waals surface area (Å²) in [4.78, 5) is 25.9. The molecular weight excluding hydrogens is 232 g/mol. The van der Waals surface area contributed by atoms with Gasteiger partial charge in [-0.1, -0.05) is 0 Å². The highest BCUT2D eigenvalue weighted by Gasteiger charge is 2.29. The van der Waals surface area contributed by atoms with Gasteiger partial charge in [0.1, 0.15) is 0 Å². The zero-order chi connectivity index (χ0) is 12.3. The fourth-order valence-electron chi connectivity index (χ4n) is 0.956. The molecule has 0 aliphatic heterocycles. The Morgan fingerprint density at radius 1 is 1.69 bits per heavy atom. The second-order valence-electron chi connectivity index (χ2n) is 3.41. The maximum Gasteiger partial charge on any atom is 0.344 e. The molecule has 1 atom stereocenters. The second kappa shape index (κ2) is 4.45. The van der Waals surface area contributed by atoms with Gasteiger partial charge in [-0.25, -0.2) is 9.78 Å². The van der Waals surface area contributed by atoms with E-state index in [1.54, 1.807) is 5.38 Å². The van der Waals surface area contributed by atoms with E-state index in [4.69, 9.17) is 16.6 Å². The molecule has 0 spiro atoms. The van der Waals surface area contributed by atoms with E-state index in [2.05, 4.69) is 10.3 Å². The van der Waals surface area contributed by atoms with Crippen molar-refractivity contribution in [3.05, 3.63) is 11.1 Å². The van der Waals surface area contributed by atoms with Crippen LogP contribution in [0.1, 0.15) is 12.6 Å². The summed E-state index contributed by atoms with van der Waals surface area (Å²) in [5.41, 5.74) is 9.44. The highest BCUT2D eigenvalue weighted by atomic mass is 32.1. The zero-order valence-electron chi connectivity index (χ0n) is 8.56. The van der Waals surface area contributed by atoms with Crippen LogP contribution in [0.4, 0.5) is 5.13 Å². The molecule has 0 aromatic carbocycles. The van der Waals surface area contributed by atoms with Crippen molar-refractivity contribution in [2.45, 2.75) is 19.0 Å². The molecule has 1 aromatic rings. The van der Waals surface area contributed by atoms with Gasteiger partial charge in [0.05, 0.1) is 12.1 Å². The predicted molar refractivity (Wildman–Crippen MR) is 58.6 cm³/mol. The quantitative estimate of drug-likeness (QED) is 0.510. The van der Waals surface area contributed by atoms with Crippen LogP contribution < -0.4 is 16.8 Å². The Hall–Kier alpha value is -1.67. The minimum atomic E-state index is -1.78. The highest BCUT2D eigenvalue weighted by Crippen LogP contribution is 2.11. The summed E-state index contributed by atoms with van der Waals surface area (Å²) in [6.45, 7) is 1.20. The molecule has 0 radical (unpaired) electrons. The number of carbonyl (C=O) groups is 2. The van der Waals surface area contributed by atoms with Gasteiger partial charge in [0.2, 0.25) is 5.91 Å². The average Bonchev–Trinajstić information content (AvgIpc) is 2.49. The first-order chi connectivity index (χ1) is 7.31. The third-order valence-electron chi connectivity index (χ3n) is 1.75. The number of nitrogen functional groups attached to an aromatic ring is 1. The Balaban J connectivity index is 2.58. The van der Waals surface area contributed by atoms with E-state index in [0.717, 1.165) is 0 Å². The van der Waals surface area contributed by atoms with Crippen molar-refractivity contribution in [1.29, 1.82) is 0 Å². The molecule has 7 nitrogen and oxygen atoms in total. The number of carbonyl (C=O) groups excluding carboxylic acids is 1. The van der Waals surface area contributed by atoms with Crippen LogP contribution in [-0.4, -0.2) is 27.6 Å². The Kier molecular flexibility index (Phi) is 3.45. The van der Waals surface area contributed by atoms with E-state index in [0.29, 0.717) is 10.8 Å². The molecule has 0 saturated heterocycles. The molecule has 16 heavy (non-hydrogen) atoms. The van der Waals surface area contributed by atoms with Gasteiger partial charge in [-0.05, 0) is 6.92 Å². The first-order valence-electron chi connectivity index (χ1n) is 4.34. The van der Waals surface area contributed by atoms with E-state index in [1.807, 2.05) is 0 Å². The summed E-state index contributed by atoms with van der Waals surface area (Å²) in [7, 11) is 0. The summed E-state index contributed by atoms with van der Waals surface area (Å²) < 4.78 is 0. The smallest absolute Gasteiger partial charge is 0.344 e. The topological polar surface area (TPSA) is 131 Å². The fraction of sp³-hybridized carbons (Fsp3) is 0.375. The first kappa shape index (κ1) is 12.4. The van der Waals surface area contributed by atoms with Crippen LogP contribution in [0.2, 0.25) is 0 Å². The van der Waals surface area contributed by atoms with Gasteiger partial charge in [0.25, 0.3) is 0 Å². The zero-order valence-corrected chi connectivity index (χ0v) is 9.37. The minimum absolute atomic E-state index is 0.0478. The standard InChI is InChI=1S/C8H12N4O3S/c1-8(10,6(14)15)12-5(13)2-4-3-16-7(9)11-4/h3H,2,10H2,1H3,(H2,9,11)(H,12,13)(H,14,15)/t8-/m0/s1. The molecule has 8 heteroatoms. The molecule has 0 aliphatic rings. The number of carboxylic acids is 1. The van der Waals surface area contributed by atoms with Gasteiger partial charge >= 0.3 is 5.97 Å². The number of nitrogens with one attached hydrogen (secondary N) is 1. The Morgan fingerprint density at radius 2 is 2.31 bits per heavy atom. The fourth-order valence-corrected chi connectivity index (χ4v) is 1.52. The van der Waals surface area contributed by atoms with Crippen LogP contribution >= 0.6 is 11.3 Å². The molecule has 6 N–H and O–H groups in total. The summed E-state index contributed by atoms with van der Waals surface area (Å²) in [6, 6.07) is 0. The molecular formula is C8H12N4O3S. The lowest BCUT2D eigenvalue weighted by atomic mass is 10.2. The van der Waals surface area contributed by atoms with Crippen LogP contribution in [0.15, 0.2) is 5.38 Å². The summed E-state index contributed by atoms with van der Waals surface area (Å²) in [6.07, 6.45) is -0.0478. The first-order valence-corrected chi connectivity index (χ1v) is 5.22. The van der Waals surface area contributed by atoms with Gasteiger partial charge in [-0.15, -0.1) is 11.3 Å². The van der Waals surface area contributed by atoms with E-state index in [1.165, 1.54) is 18.3 Å².